The van der Waals surface area contributed by atoms with Crippen LogP contribution in [0.2, 0.25) is 0 Å². The zero-order chi connectivity index (χ0) is 25.2. The molecule has 0 unspecified atom stereocenters. The number of carbonyl (C=O) groups is 2. The minimum atomic E-state index is -0.794. The number of aryl methyl sites for hydroxylation is 1. The quantitative estimate of drug-likeness (QED) is 0.475. The first-order chi connectivity index (χ1) is 17.5. The Morgan fingerprint density at radius 3 is 2.64 bits per heavy atom. The Hall–Kier alpha value is -3.35. The summed E-state index contributed by atoms with van der Waals surface area (Å²) in [5.41, 5.74) is 6.48. The molecule has 7 nitrogen and oxygen atoms in total. The van der Waals surface area contributed by atoms with Gasteiger partial charge in [0.2, 0.25) is 0 Å². The maximum atomic E-state index is 12.3. The number of nitrogens with zero attached hydrogens (tertiary/aromatic N) is 3. The van der Waals surface area contributed by atoms with Crippen molar-refractivity contribution in [1.82, 2.24) is 14.5 Å². The number of benzene rings is 2. The van der Waals surface area contributed by atoms with Gasteiger partial charge in [0.05, 0.1) is 31.1 Å². The Bertz CT molecular complexity index is 1280. The summed E-state index contributed by atoms with van der Waals surface area (Å²) in [5.74, 6) is 0.478. The maximum absolute atomic E-state index is 12.3. The SMILES string of the molecule is COC(=O)N1CCc2ccc3c(nc(C4CCCCC4)n3C[C@H](CC(=O)O)c3ccccc3C)c2C1. The highest BCUT2D eigenvalue weighted by atomic mass is 16.5. The molecule has 1 aliphatic carbocycles. The van der Waals surface area contributed by atoms with Gasteiger partial charge < -0.3 is 19.3 Å². The summed E-state index contributed by atoms with van der Waals surface area (Å²) in [7, 11) is 1.42. The summed E-state index contributed by atoms with van der Waals surface area (Å²) in [6, 6.07) is 12.4. The first-order valence-corrected chi connectivity index (χ1v) is 13.1. The average Bonchev–Trinajstić information content (AvgIpc) is 3.27. The molecule has 3 aromatic rings. The summed E-state index contributed by atoms with van der Waals surface area (Å²) in [6.07, 6.45) is 6.38. The van der Waals surface area contributed by atoms with Crippen molar-refractivity contribution < 1.29 is 19.4 Å². The number of amides is 1. The second kappa shape index (κ2) is 10.3. The van der Waals surface area contributed by atoms with Crippen LogP contribution in [-0.4, -0.2) is 45.3 Å². The van der Waals surface area contributed by atoms with Crippen molar-refractivity contribution >= 4 is 23.1 Å². The van der Waals surface area contributed by atoms with E-state index in [4.69, 9.17) is 9.72 Å². The largest absolute Gasteiger partial charge is 0.481 e. The minimum absolute atomic E-state index is 0.0652. The van der Waals surface area contributed by atoms with E-state index in [1.54, 1.807) is 4.90 Å². The summed E-state index contributed by atoms with van der Waals surface area (Å²) in [4.78, 5) is 31.2. The van der Waals surface area contributed by atoms with Crippen molar-refractivity contribution in [3.05, 3.63) is 64.5 Å². The highest BCUT2D eigenvalue weighted by Crippen LogP contribution is 2.38. The molecule has 7 heteroatoms. The van der Waals surface area contributed by atoms with Crippen molar-refractivity contribution in [2.75, 3.05) is 13.7 Å². The molecule has 2 heterocycles. The van der Waals surface area contributed by atoms with Gasteiger partial charge in [-0.25, -0.2) is 9.78 Å². The molecule has 1 amide bonds. The van der Waals surface area contributed by atoms with Gasteiger partial charge in [-0.3, -0.25) is 4.79 Å². The monoisotopic (exact) mass is 489 g/mol. The van der Waals surface area contributed by atoms with Gasteiger partial charge in [-0.2, -0.15) is 0 Å². The molecule has 2 aromatic carbocycles. The number of aromatic nitrogens is 2. The van der Waals surface area contributed by atoms with Gasteiger partial charge in [-0.1, -0.05) is 49.6 Å². The normalized spacial score (nSPS) is 17.1. The molecule has 2 aliphatic rings. The summed E-state index contributed by atoms with van der Waals surface area (Å²) in [5, 5.41) is 9.78. The molecule has 5 rings (SSSR count). The second-order valence-electron chi connectivity index (χ2n) is 10.3. The molecule has 1 atom stereocenters. The summed E-state index contributed by atoms with van der Waals surface area (Å²) in [6.45, 7) is 3.74. The predicted molar refractivity (Wildman–Crippen MR) is 138 cm³/mol. The lowest BCUT2D eigenvalue weighted by Gasteiger charge is -2.28. The molecule has 1 aromatic heterocycles. The molecule has 0 radical (unpaired) electrons. The van der Waals surface area contributed by atoms with Crippen LogP contribution in [-0.2, 0) is 29.0 Å². The van der Waals surface area contributed by atoms with Crippen molar-refractivity contribution in [2.45, 2.75) is 76.8 Å². The van der Waals surface area contributed by atoms with Gasteiger partial charge in [-0.05, 0) is 48.9 Å². The predicted octanol–water partition coefficient (Wildman–Crippen LogP) is 5.78. The van der Waals surface area contributed by atoms with E-state index in [1.807, 2.05) is 12.1 Å². The molecule has 1 saturated carbocycles. The lowest BCUT2D eigenvalue weighted by atomic mass is 9.88. The van der Waals surface area contributed by atoms with Crippen molar-refractivity contribution in [3.63, 3.8) is 0 Å². The molecule has 0 bridgehead atoms. The smallest absolute Gasteiger partial charge is 0.409 e. The number of fused-ring (bicyclic) bond motifs is 3. The summed E-state index contributed by atoms with van der Waals surface area (Å²) >= 11 is 0. The first-order valence-electron chi connectivity index (χ1n) is 13.1. The summed E-state index contributed by atoms with van der Waals surface area (Å²) < 4.78 is 7.29. The number of carboxylic acid groups (broad SMARTS) is 1. The molecule has 1 aliphatic heterocycles. The van der Waals surface area contributed by atoms with E-state index in [0.29, 0.717) is 25.6 Å². The number of carboxylic acids is 1. The molecule has 1 fully saturated rings. The fourth-order valence-electron chi connectivity index (χ4n) is 6.14. The zero-order valence-corrected chi connectivity index (χ0v) is 21.2. The number of hydrogen-bond acceptors (Lipinski definition) is 4. The second-order valence-corrected chi connectivity index (χ2v) is 10.3. The van der Waals surface area contributed by atoms with E-state index in [2.05, 4.69) is 35.8 Å². The van der Waals surface area contributed by atoms with E-state index in [1.165, 1.54) is 31.9 Å². The number of carbonyl (C=O) groups excluding carboxylic acids is 1. The highest BCUT2D eigenvalue weighted by Gasteiger charge is 2.29. The van der Waals surface area contributed by atoms with Crippen LogP contribution in [0.25, 0.3) is 11.0 Å². The number of aliphatic carboxylic acids is 1. The Morgan fingerprint density at radius 2 is 1.92 bits per heavy atom. The molecule has 0 spiro atoms. The van der Waals surface area contributed by atoms with E-state index in [-0.39, 0.29) is 18.4 Å². The first kappa shape index (κ1) is 24.3. The van der Waals surface area contributed by atoms with Gasteiger partial charge in [-0.15, -0.1) is 0 Å². The van der Waals surface area contributed by atoms with E-state index in [0.717, 1.165) is 52.8 Å². The van der Waals surface area contributed by atoms with Crippen molar-refractivity contribution in [1.29, 1.82) is 0 Å². The minimum Gasteiger partial charge on any atom is -0.481 e. The van der Waals surface area contributed by atoms with Crippen LogP contribution in [0.1, 0.15) is 78.4 Å². The van der Waals surface area contributed by atoms with Crippen LogP contribution >= 0.6 is 0 Å². The molecular weight excluding hydrogens is 454 g/mol. The van der Waals surface area contributed by atoms with Gasteiger partial charge in [0, 0.05) is 30.5 Å². The Labute approximate surface area is 212 Å². The standard InChI is InChI=1S/C29H35N3O4/c1-19-8-6-7-11-23(19)22(16-26(33)34)17-32-25-13-12-20-14-15-31(29(35)36-2)18-24(20)27(25)30-28(32)21-9-4-3-5-10-21/h6-8,11-13,21-22H,3-5,9-10,14-18H2,1-2H3,(H,33,34)/t22-/m0/s1. The zero-order valence-electron chi connectivity index (χ0n) is 21.2. The molecule has 1 N–H and O–H groups in total. The fraction of sp³-hybridized carbons (Fsp3) is 0.483. The van der Waals surface area contributed by atoms with Crippen molar-refractivity contribution in [2.24, 2.45) is 0 Å². The average molecular weight is 490 g/mol. The maximum Gasteiger partial charge on any atom is 0.409 e. The van der Waals surface area contributed by atoms with Gasteiger partial charge in [0.15, 0.2) is 0 Å². The highest BCUT2D eigenvalue weighted by molar-refractivity contribution is 5.82. The van der Waals surface area contributed by atoms with E-state index < -0.39 is 5.97 Å². The van der Waals surface area contributed by atoms with Crippen molar-refractivity contribution in [3.8, 4) is 0 Å². The van der Waals surface area contributed by atoms with Gasteiger partial charge >= 0.3 is 12.1 Å². The fourth-order valence-corrected chi connectivity index (χ4v) is 6.14. The lowest BCUT2D eigenvalue weighted by Crippen LogP contribution is -2.35. The van der Waals surface area contributed by atoms with Crippen LogP contribution in [0, 0.1) is 6.92 Å². The Morgan fingerprint density at radius 1 is 1.14 bits per heavy atom. The van der Waals surface area contributed by atoms with Gasteiger partial charge in [0.25, 0.3) is 0 Å². The number of rotatable bonds is 6. The van der Waals surface area contributed by atoms with Gasteiger partial charge in [0.1, 0.15) is 5.82 Å². The van der Waals surface area contributed by atoms with Crippen LogP contribution in [0.5, 0.6) is 0 Å². The molecule has 190 valence electrons. The topological polar surface area (TPSA) is 84.7 Å². The van der Waals surface area contributed by atoms with Crippen LogP contribution in [0.3, 0.4) is 0 Å². The molecule has 0 saturated heterocycles. The lowest BCUT2D eigenvalue weighted by molar-refractivity contribution is -0.137. The van der Waals surface area contributed by atoms with E-state index >= 15 is 0 Å². The number of methoxy groups -OCH3 is 1. The third-order valence-electron chi connectivity index (χ3n) is 8.01. The third-order valence-corrected chi connectivity index (χ3v) is 8.01. The molecule has 36 heavy (non-hydrogen) atoms. The van der Waals surface area contributed by atoms with E-state index in [9.17, 15) is 14.7 Å². The molecular formula is C29H35N3O4. The van der Waals surface area contributed by atoms with Crippen LogP contribution in [0.15, 0.2) is 36.4 Å². The Kier molecular flexibility index (Phi) is 6.99. The van der Waals surface area contributed by atoms with Crippen LogP contribution in [0.4, 0.5) is 4.79 Å². The Balaban J connectivity index is 1.62. The number of imidazole rings is 1. The van der Waals surface area contributed by atoms with Crippen LogP contribution < -0.4 is 0 Å². The number of ether oxygens (including phenoxy) is 1. The third kappa shape index (κ3) is 4.71. The number of hydrogen-bond donors (Lipinski definition) is 1.